The van der Waals surface area contributed by atoms with Crippen molar-refractivity contribution < 1.29 is 4.39 Å². The number of aromatic nitrogens is 3. The van der Waals surface area contributed by atoms with Gasteiger partial charge in [-0.25, -0.2) is 14.4 Å². The lowest BCUT2D eigenvalue weighted by atomic mass is 10.00. The van der Waals surface area contributed by atoms with E-state index in [4.69, 9.17) is 5.73 Å². The second kappa shape index (κ2) is 5.24. The largest absolute Gasteiger partial charge is 0.368 e. The molecule has 0 amide bonds. The molecule has 112 valence electrons. The van der Waals surface area contributed by atoms with Crippen molar-refractivity contribution >= 4 is 12.2 Å². The molecule has 5 nitrogen and oxygen atoms in total. The van der Waals surface area contributed by atoms with E-state index < -0.39 is 5.82 Å². The fraction of sp³-hybridized carbons (Fsp3) is 0.0588. The van der Waals surface area contributed by atoms with Gasteiger partial charge in [0.2, 0.25) is 5.95 Å². The predicted molar refractivity (Wildman–Crippen MR) is 86.4 cm³/mol. The average molecular weight is 305 g/mol. The first-order chi connectivity index (χ1) is 11.2. The average Bonchev–Trinajstić information content (AvgIpc) is 2.74. The van der Waals surface area contributed by atoms with Gasteiger partial charge in [-0.2, -0.15) is 0 Å². The highest BCUT2D eigenvalue weighted by molar-refractivity contribution is 5.92. The summed E-state index contributed by atoms with van der Waals surface area (Å²) in [4.78, 5) is 17.1. The molecule has 3 heterocycles. The highest BCUT2D eigenvalue weighted by Crippen LogP contribution is 2.34. The SMILES string of the molecule is Nc1nc2c(c(-c3ncccc3F)n1)CN=Cc1ccccc1-2. The first-order valence-electron chi connectivity index (χ1n) is 7.10. The quantitative estimate of drug-likeness (QED) is 0.750. The molecule has 0 aliphatic carbocycles. The van der Waals surface area contributed by atoms with E-state index in [0.717, 1.165) is 16.7 Å². The zero-order valence-corrected chi connectivity index (χ0v) is 12.1. The van der Waals surface area contributed by atoms with E-state index in [1.54, 1.807) is 6.21 Å². The summed E-state index contributed by atoms with van der Waals surface area (Å²) >= 11 is 0. The van der Waals surface area contributed by atoms with Crippen LogP contribution in [-0.2, 0) is 6.54 Å². The summed E-state index contributed by atoms with van der Waals surface area (Å²) in [6.07, 6.45) is 3.31. The molecule has 0 radical (unpaired) electrons. The number of hydrogen-bond donors (Lipinski definition) is 1. The van der Waals surface area contributed by atoms with Gasteiger partial charge in [0.25, 0.3) is 0 Å². The molecule has 4 rings (SSSR count). The van der Waals surface area contributed by atoms with Crippen molar-refractivity contribution in [1.82, 2.24) is 15.0 Å². The van der Waals surface area contributed by atoms with Crippen LogP contribution in [0.4, 0.5) is 10.3 Å². The van der Waals surface area contributed by atoms with Gasteiger partial charge in [-0.05, 0) is 12.1 Å². The fourth-order valence-corrected chi connectivity index (χ4v) is 2.69. The summed E-state index contributed by atoms with van der Waals surface area (Å²) in [5.41, 5.74) is 9.65. The number of fused-ring (bicyclic) bond motifs is 3. The van der Waals surface area contributed by atoms with E-state index in [-0.39, 0.29) is 11.6 Å². The van der Waals surface area contributed by atoms with Crippen LogP contribution in [0.3, 0.4) is 0 Å². The van der Waals surface area contributed by atoms with Crippen LogP contribution in [0.15, 0.2) is 47.6 Å². The molecular weight excluding hydrogens is 293 g/mol. The Balaban J connectivity index is 2.05. The van der Waals surface area contributed by atoms with Crippen LogP contribution in [-0.4, -0.2) is 21.2 Å². The fourth-order valence-electron chi connectivity index (χ4n) is 2.69. The minimum Gasteiger partial charge on any atom is -0.368 e. The molecule has 1 aliphatic rings. The van der Waals surface area contributed by atoms with Gasteiger partial charge in [-0.15, -0.1) is 0 Å². The first kappa shape index (κ1) is 13.5. The Hall–Kier alpha value is -3.15. The maximum atomic E-state index is 14.2. The van der Waals surface area contributed by atoms with Crippen LogP contribution >= 0.6 is 0 Å². The second-order valence-corrected chi connectivity index (χ2v) is 5.15. The van der Waals surface area contributed by atoms with Crippen LogP contribution in [0.25, 0.3) is 22.6 Å². The second-order valence-electron chi connectivity index (χ2n) is 5.15. The number of halogens is 1. The summed E-state index contributed by atoms with van der Waals surface area (Å²) in [6, 6.07) is 10.6. The lowest BCUT2D eigenvalue weighted by molar-refractivity contribution is 0.624. The Labute approximate surface area is 131 Å². The molecule has 0 fully saturated rings. The molecule has 0 unspecified atom stereocenters. The Kier molecular flexibility index (Phi) is 3.08. The number of nitrogen functional groups attached to an aromatic ring is 1. The molecular formula is C17H12FN5. The van der Waals surface area contributed by atoms with Gasteiger partial charge in [-0.1, -0.05) is 24.3 Å². The maximum absolute atomic E-state index is 14.2. The molecule has 1 aromatic carbocycles. The molecule has 6 heteroatoms. The van der Waals surface area contributed by atoms with Gasteiger partial charge >= 0.3 is 0 Å². The molecule has 23 heavy (non-hydrogen) atoms. The number of hydrogen-bond acceptors (Lipinski definition) is 5. The molecule has 1 aliphatic heterocycles. The highest BCUT2D eigenvalue weighted by atomic mass is 19.1. The van der Waals surface area contributed by atoms with Gasteiger partial charge in [-0.3, -0.25) is 9.98 Å². The van der Waals surface area contributed by atoms with Gasteiger partial charge in [0.1, 0.15) is 11.4 Å². The molecule has 0 atom stereocenters. The summed E-state index contributed by atoms with van der Waals surface area (Å²) in [6.45, 7) is 0.343. The maximum Gasteiger partial charge on any atom is 0.221 e. The summed E-state index contributed by atoms with van der Waals surface area (Å²) < 4.78 is 14.2. The van der Waals surface area contributed by atoms with Gasteiger partial charge in [0.15, 0.2) is 5.82 Å². The number of aliphatic imine (C=N–C) groups is 1. The normalized spacial score (nSPS) is 12.4. The third kappa shape index (κ3) is 2.24. The Morgan fingerprint density at radius 3 is 2.65 bits per heavy atom. The number of benzene rings is 1. The summed E-state index contributed by atoms with van der Waals surface area (Å²) in [5, 5.41) is 0. The molecule has 0 saturated carbocycles. The number of rotatable bonds is 1. The first-order valence-corrected chi connectivity index (χ1v) is 7.10. The van der Waals surface area contributed by atoms with Crippen LogP contribution < -0.4 is 5.73 Å². The lowest BCUT2D eigenvalue weighted by Gasteiger charge is -2.12. The Morgan fingerprint density at radius 1 is 0.957 bits per heavy atom. The van der Waals surface area contributed by atoms with Crippen molar-refractivity contribution in [3.63, 3.8) is 0 Å². The number of anilines is 1. The predicted octanol–water partition coefficient (Wildman–Crippen LogP) is 2.86. The van der Waals surface area contributed by atoms with E-state index in [9.17, 15) is 4.39 Å². The van der Waals surface area contributed by atoms with E-state index in [1.807, 2.05) is 24.3 Å². The zero-order valence-electron chi connectivity index (χ0n) is 12.1. The van der Waals surface area contributed by atoms with E-state index in [1.165, 1.54) is 18.3 Å². The lowest BCUT2D eigenvalue weighted by Crippen LogP contribution is -2.06. The van der Waals surface area contributed by atoms with Crippen LogP contribution in [0.5, 0.6) is 0 Å². The smallest absolute Gasteiger partial charge is 0.221 e. The Morgan fingerprint density at radius 2 is 1.78 bits per heavy atom. The molecule has 0 saturated heterocycles. The number of nitrogens with two attached hydrogens (primary N) is 1. The van der Waals surface area contributed by atoms with Crippen LogP contribution in [0.1, 0.15) is 11.1 Å². The van der Waals surface area contributed by atoms with Crippen molar-refractivity contribution in [1.29, 1.82) is 0 Å². The molecule has 2 aromatic heterocycles. The molecule has 3 aromatic rings. The minimum absolute atomic E-state index is 0.0838. The topological polar surface area (TPSA) is 77.0 Å². The highest BCUT2D eigenvalue weighted by Gasteiger charge is 2.22. The monoisotopic (exact) mass is 305 g/mol. The van der Waals surface area contributed by atoms with Crippen LogP contribution in [0.2, 0.25) is 0 Å². The molecule has 0 bridgehead atoms. The number of nitrogens with zero attached hydrogens (tertiary/aromatic N) is 4. The van der Waals surface area contributed by atoms with E-state index >= 15 is 0 Å². The summed E-state index contributed by atoms with van der Waals surface area (Å²) in [5.74, 6) is -0.366. The van der Waals surface area contributed by atoms with E-state index in [0.29, 0.717) is 17.9 Å². The Bertz CT molecular complexity index is 936. The van der Waals surface area contributed by atoms with Crippen LogP contribution in [0, 0.1) is 5.82 Å². The number of pyridine rings is 1. The van der Waals surface area contributed by atoms with Gasteiger partial charge < -0.3 is 5.73 Å². The van der Waals surface area contributed by atoms with Gasteiger partial charge in [0.05, 0.1) is 12.2 Å². The summed E-state index contributed by atoms with van der Waals surface area (Å²) in [7, 11) is 0. The van der Waals surface area contributed by atoms with E-state index in [2.05, 4.69) is 19.9 Å². The van der Waals surface area contributed by atoms with Crippen molar-refractivity contribution in [2.24, 2.45) is 4.99 Å². The zero-order chi connectivity index (χ0) is 15.8. The van der Waals surface area contributed by atoms with Gasteiger partial charge in [0, 0.05) is 29.1 Å². The van der Waals surface area contributed by atoms with Crippen molar-refractivity contribution in [2.45, 2.75) is 6.54 Å². The standard InChI is InChI=1S/C17H12FN5/c18-13-6-3-7-21-16(13)15-12-9-20-8-10-4-1-2-5-11(10)14(12)22-17(19)23-15/h1-8H,9H2,(H2,19,22,23). The minimum atomic E-state index is -0.450. The third-order valence-corrected chi connectivity index (χ3v) is 3.70. The van der Waals surface area contributed by atoms with Crippen molar-refractivity contribution in [3.05, 3.63) is 59.5 Å². The van der Waals surface area contributed by atoms with Crippen molar-refractivity contribution in [2.75, 3.05) is 5.73 Å². The van der Waals surface area contributed by atoms with Crippen molar-refractivity contribution in [3.8, 4) is 22.6 Å². The third-order valence-electron chi connectivity index (χ3n) is 3.70. The molecule has 0 spiro atoms. The molecule has 2 N–H and O–H groups in total.